The number of halogens is 4. The van der Waals surface area contributed by atoms with Crippen molar-refractivity contribution < 1.29 is 22.6 Å². The fourth-order valence-electron chi connectivity index (χ4n) is 2.83. The minimum atomic E-state index is -4.35. The summed E-state index contributed by atoms with van der Waals surface area (Å²) in [4.78, 5) is 4.10. The third-order valence-electron chi connectivity index (χ3n) is 4.25. The van der Waals surface area contributed by atoms with Crippen molar-refractivity contribution in [1.29, 1.82) is 0 Å². The van der Waals surface area contributed by atoms with E-state index in [2.05, 4.69) is 15.6 Å². The van der Waals surface area contributed by atoms with Gasteiger partial charge in [0.15, 0.2) is 17.5 Å². The Bertz CT molecular complexity index is 844. The molecule has 0 saturated heterocycles. The number of benzene rings is 2. The van der Waals surface area contributed by atoms with Crippen molar-refractivity contribution >= 4 is 29.9 Å². The minimum absolute atomic E-state index is 0. The molecule has 1 aliphatic heterocycles. The minimum Gasteiger partial charge on any atom is -0.486 e. The van der Waals surface area contributed by atoms with E-state index in [0.717, 1.165) is 35.6 Å². The van der Waals surface area contributed by atoms with Gasteiger partial charge in [0.05, 0.1) is 5.56 Å². The second kappa shape index (κ2) is 10.6. The quantitative estimate of drug-likeness (QED) is 0.355. The number of nitrogens with zero attached hydrogens (tertiary/aromatic N) is 1. The van der Waals surface area contributed by atoms with Crippen molar-refractivity contribution in [2.75, 3.05) is 26.8 Å². The summed E-state index contributed by atoms with van der Waals surface area (Å²) in [6.07, 6.45) is -3.61. The summed E-state index contributed by atoms with van der Waals surface area (Å²) in [6, 6.07) is 11.1. The maximum absolute atomic E-state index is 12.8. The maximum atomic E-state index is 12.8. The van der Waals surface area contributed by atoms with Crippen LogP contribution in [0.25, 0.3) is 0 Å². The van der Waals surface area contributed by atoms with E-state index in [-0.39, 0.29) is 30.5 Å². The Kier molecular flexibility index (Phi) is 8.42. The van der Waals surface area contributed by atoms with E-state index < -0.39 is 11.7 Å². The molecule has 0 unspecified atom stereocenters. The van der Waals surface area contributed by atoms with Crippen molar-refractivity contribution in [3.8, 4) is 11.5 Å². The predicted molar refractivity (Wildman–Crippen MR) is 116 cm³/mol. The largest absolute Gasteiger partial charge is 0.486 e. The zero-order valence-electron chi connectivity index (χ0n) is 15.9. The first kappa shape index (κ1) is 23.1. The molecule has 0 amide bonds. The van der Waals surface area contributed by atoms with Crippen LogP contribution >= 0.6 is 24.0 Å². The van der Waals surface area contributed by atoms with Crippen LogP contribution in [0.5, 0.6) is 11.5 Å². The number of aliphatic imine (C=N–C) groups is 1. The van der Waals surface area contributed by atoms with E-state index in [1.165, 1.54) is 6.07 Å². The van der Waals surface area contributed by atoms with E-state index in [1.807, 2.05) is 18.2 Å². The third-order valence-corrected chi connectivity index (χ3v) is 4.25. The molecule has 0 bridgehead atoms. The van der Waals surface area contributed by atoms with Crippen molar-refractivity contribution in [1.82, 2.24) is 10.6 Å². The van der Waals surface area contributed by atoms with Crippen molar-refractivity contribution in [2.45, 2.75) is 19.1 Å². The number of guanidine groups is 1. The summed E-state index contributed by atoms with van der Waals surface area (Å²) in [5.74, 6) is 2.02. The molecule has 158 valence electrons. The summed E-state index contributed by atoms with van der Waals surface area (Å²) in [5.41, 5.74) is 0.961. The van der Waals surface area contributed by atoms with Crippen LogP contribution in [0.2, 0.25) is 0 Å². The molecule has 3 rings (SSSR count). The molecule has 0 radical (unpaired) electrons. The van der Waals surface area contributed by atoms with Gasteiger partial charge in [-0.2, -0.15) is 13.2 Å². The van der Waals surface area contributed by atoms with Gasteiger partial charge < -0.3 is 20.1 Å². The zero-order valence-corrected chi connectivity index (χ0v) is 18.2. The third kappa shape index (κ3) is 6.69. The first-order valence-corrected chi connectivity index (χ1v) is 8.95. The molecule has 1 aliphatic rings. The standard InChI is InChI=1S/C20H22F3N3O2.HI/c1-24-19(26-13-15-3-2-4-16(11-15)20(21,22)23)25-8-7-14-5-6-17-18(12-14)28-10-9-27-17;/h2-6,11-12H,7-10,13H2,1H3,(H2,24,25,26);1H. The second-order valence-electron chi connectivity index (χ2n) is 6.28. The predicted octanol–water partition coefficient (Wildman–Crippen LogP) is 4.00. The Morgan fingerprint density at radius 1 is 1.00 bits per heavy atom. The van der Waals surface area contributed by atoms with Crippen LogP contribution in [0.4, 0.5) is 13.2 Å². The first-order valence-electron chi connectivity index (χ1n) is 8.95. The second-order valence-corrected chi connectivity index (χ2v) is 6.28. The molecular formula is C20H23F3IN3O2. The van der Waals surface area contributed by atoms with Crippen LogP contribution in [-0.4, -0.2) is 32.8 Å². The highest BCUT2D eigenvalue weighted by molar-refractivity contribution is 14.0. The van der Waals surface area contributed by atoms with Crippen molar-refractivity contribution in [3.05, 3.63) is 59.2 Å². The lowest BCUT2D eigenvalue weighted by molar-refractivity contribution is -0.137. The van der Waals surface area contributed by atoms with Crippen LogP contribution in [0.15, 0.2) is 47.5 Å². The molecule has 5 nitrogen and oxygen atoms in total. The van der Waals surface area contributed by atoms with Gasteiger partial charge in [0.2, 0.25) is 0 Å². The lowest BCUT2D eigenvalue weighted by Crippen LogP contribution is -2.37. The molecule has 0 spiro atoms. The average molecular weight is 521 g/mol. The van der Waals surface area contributed by atoms with E-state index in [0.29, 0.717) is 31.3 Å². The summed E-state index contributed by atoms with van der Waals surface area (Å²) in [6.45, 7) is 1.96. The first-order chi connectivity index (χ1) is 13.5. The van der Waals surface area contributed by atoms with Crippen LogP contribution in [0.3, 0.4) is 0 Å². The fraction of sp³-hybridized carbons (Fsp3) is 0.350. The maximum Gasteiger partial charge on any atom is 0.416 e. The van der Waals surface area contributed by atoms with Crippen LogP contribution in [0, 0.1) is 0 Å². The number of rotatable bonds is 5. The van der Waals surface area contributed by atoms with Gasteiger partial charge in [-0.25, -0.2) is 0 Å². The fourth-order valence-corrected chi connectivity index (χ4v) is 2.83. The lowest BCUT2D eigenvalue weighted by Gasteiger charge is -2.19. The Morgan fingerprint density at radius 2 is 1.76 bits per heavy atom. The summed E-state index contributed by atoms with van der Waals surface area (Å²) < 4.78 is 49.5. The Hall–Kier alpha value is -2.17. The van der Waals surface area contributed by atoms with E-state index in [9.17, 15) is 13.2 Å². The van der Waals surface area contributed by atoms with Gasteiger partial charge in [-0.3, -0.25) is 4.99 Å². The SMILES string of the molecule is CN=C(NCCc1ccc2c(c1)OCCO2)NCc1cccc(C(F)(F)F)c1.I. The van der Waals surface area contributed by atoms with Gasteiger partial charge in [-0.15, -0.1) is 24.0 Å². The topological polar surface area (TPSA) is 54.9 Å². The highest BCUT2D eigenvalue weighted by atomic mass is 127. The zero-order chi connectivity index (χ0) is 20.0. The van der Waals surface area contributed by atoms with Gasteiger partial charge in [-0.05, 0) is 41.8 Å². The van der Waals surface area contributed by atoms with Crippen LogP contribution in [0.1, 0.15) is 16.7 Å². The van der Waals surface area contributed by atoms with E-state index >= 15 is 0 Å². The number of nitrogens with one attached hydrogen (secondary N) is 2. The number of hydrogen-bond acceptors (Lipinski definition) is 3. The molecule has 29 heavy (non-hydrogen) atoms. The molecular weight excluding hydrogens is 498 g/mol. The van der Waals surface area contributed by atoms with Crippen molar-refractivity contribution in [3.63, 3.8) is 0 Å². The Labute approximate surface area is 184 Å². The van der Waals surface area contributed by atoms with Crippen LogP contribution < -0.4 is 20.1 Å². The van der Waals surface area contributed by atoms with Crippen molar-refractivity contribution in [2.24, 2.45) is 4.99 Å². The highest BCUT2D eigenvalue weighted by Gasteiger charge is 2.30. The average Bonchev–Trinajstić information content (AvgIpc) is 2.70. The molecule has 2 aromatic carbocycles. The summed E-state index contributed by atoms with van der Waals surface area (Å²) in [7, 11) is 1.62. The van der Waals surface area contributed by atoms with Gasteiger partial charge in [0.25, 0.3) is 0 Å². The van der Waals surface area contributed by atoms with Crippen LogP contribution in [-0.2, 0) is 19.1 Å². The van der Waals surface area contributed by atoms with E-state index in [4.69, 9.17) is 9.47 Å². The van der Waals surface area contributed by atoms with Gasteiger partial charge >= 0.3 is 6.18 Å². The number of hydrogen-bond donors (Lipinski definition) is 2. The molecule has 0 atom stereocenters. The normalized spacial score (nSPS) is 13.4. The molecule has 0 aromatic heterocycles. The smallest absolute Gasteiger partial charge is 0.416 e. The highest BCUT2D eigenvalue weighted by Crippen LogP contribution is 2.31. The van der Waals surface area contributed by atoms with E-state index in [1.54, 1.807) is 13.1 Å². The Morgan fingerprint density at radius 3 is 2.48 bits per heavy atom. The Balaban J connectivity index is 0.00000300. The molecule has 2 aromatic rings. The molecule has 0 aliphatic carbocycles. The van der Waals surface area contributed by atoms with Gasteiger partial charge in [-0.1, -0.05) is 18.2 Å². The molecule has 0 saturated carbocycles. The van der Waals surface area contributed by atoms with Gasteiger partial charge in [0, 0.05) is 20.1 Å². The lowest BCUT2D eigenvalue weighted by atomic mass is 10.1. The summed E-state index contributed by atoms with van der Waals surface area (Å²) in [5, 5.41) is 6.19. The number of alkyl halides is 3. The molecule has 1 heterocycles. The summed E-state index contributed by atoms with van der Waals surface area (Å²) >= 11 is 0. The number of fused-ring (bicyclic) bond motifs is 1. The molecule has 0 fully saturated rings. The monoisotopic (exact) mass is 521 g/mol. The molecule has 9 heteroatoms. The number of ether oxygens (including phenoxy) is 2. The molecule has 2 N–H and O–H groups in total. The van der Waals surface area contributed by atoms with Gasteiger partial charge in [0.1, 0.15) is 13.2 Å².